The summed E-state index contributed by atoms with van der Waals surface area (Å²) in [6, 6.07) is 2.14. The normalized spacial score (nSPS) is 15.6. The number of hydrogen-bond donors (Lipinski definition) is 1. The molecule has 0 saturated carbocycles. The third kappa shape index (κ3) is 2.23. The van der Waals surface area contributed by atoms with Crippen molar-refractivity contribution in [3.8, 4) is 0 Å². The summed E-state index contributed by atoms with van der Waals surface area (Å²) in [6.45, 7) is 4.42. The highest BCUT2D eigenvalue weighted by Crippen LogP contribution is 2.17. The van der Waals surface area contributed by atoms with Crippen LogP contribution in [0, 0.1) is 6.92 Å². The molecule has 2 aromatic rings. The maximum Gasteiger partial charge on any atom is 0.255 e. The molecule has 0 radical (unpaired) electrons. The van der Waals surface area contributed by atoms with E-state index in [1.807, 2.05) is 6.92 Å². The summed E-state index contributed by atoms with van der Waals surface area (Å²) in [4.78, 5) is 21.4. The topological polar surface area (TPSA) is 49.0 Å². The molecule has 94 valence electrons. The zero-order chi connectivity index (χ0) is 12.5. The molecule has 0 aromatic carbocycles. The van der Waals surface area contributed by atoms with Gasteiger partial charge in [0, 0.05) is 26.1 Å². The Morgan fingerprint density at radius 1 is 1.56 bits per heavy atom. The lowest BCUT2D eigenvalue weighted by atomic mass is 10.1. The van der Waals surface area contributed by atoms with E-state index in [2.05, 4.69) is 31.7 Å². The zero-order valence-corrected chi connectivity index (χ0v) is 11.1. The number of H-pyrrole nitrogens is 1. The summed E-state index contributed by atoms with van der Waals surface area (Å²) >= 11 is 1.71. The first-order valence-electron chi connectivity index (χ1n) is 6.04. The van der Waals surface area contributed by atoms with Crippen molar-refractivity contribution in [3.05, 3.63) is 49.8 Å². The van der Waals surface area contributed by atoms with Gasteiger partial charge in [0.05, 0.1) is 11.3 Å². The van der Waals surface area contributed by atoms with Gasteiger partial charge in [0.15, 0.2) is 0 Å². The summed E-state index contributed by atoms with van der Waals surface area (Å²) in [5, 5.41) is 4.25. The van der Waals surface area contributed by atoms with Crippen molar-refractivity contribution in [3.63, 3.8) is 0 Å². The monoisotopic (exact) mass is 261 g/mol. The van der Waals surface area contributed by atoms with Crippen molar-refractivity contribution >= 4 is 11.3 Å². The van der Waals surface area contributed by atoms with Crippen molar-refractivity contribution in [2.45, 2.75) is 26.4 Å². The molecule has 0 spiro atoms. The lowest BCUT2D eigenvalue weighted by molar-refractivity contribution is 0.242. The number of nitrogens with zero attached hydrogens (tertiary/aromatic N) is 2. The summed E-state index contributed by atoms with van der Waals surface area (Å²) in [6.07, 6.45) is 0.865. The van der Waals surface area contributed by atoms with Crippen LogP contribution in [-0.4, -0.2) is 21.4 Å². The summed E-state index contributed by atoms with van der Waals surface area (Å²) in [5.41, 5.74) is 3.15. The number of fused-ring (bicyclic) bond motifs is 1. The number of thiophene rings is 1. The van der Waals surface area contributed by atoms with E-state index in [-0.39, 0.29) is 5.56 Å². The van der Waals surface area contributed by atoms with E-state index >= 15 is 0 Å². The third-order valence-electron chi connectivity index (χ3n) is 3.25. The molecule has 0 aliphatic carbocycles. The second-order valence-electron chi connectivity index (χ2n) is 4.67. The number of aromatic amines is 1. The predicted molar refractivity (Wildman–Crippen MR) is 71.7 cm³/mol. The molecule has 1 aliphatic rings. The van der Waals surface area contributed by atoms with Gasteiger partial charge in [0.2, 0.25) is 0 Å². The summed E-state index contributed by atoms with van der Waals surface area (Å²) < 4.78 is 0. The summed E-state index contributed by atoms with van der Waals surface area (Å²) in [7, 11) is 0. The minimum Gasteiger partial charge on any atom is -0.310 e. The smallest absolute Gasteiger partial charge is 0.255 e. The van der Waals surface area contributed by atoms with E-state index < -0.39 is 0 Å². The van der Waals surface area contributed by atoms with Crippen molar-refractivity contribution in [2.75, 3.05) is 6.54 Å². The molecule has 5 heteroatoms. The molecule has 0 bridgehead atoms. The molecule has 1 aliphatic heterocycles. The van der Waals surface area contributed by atoms with Crippen LogP contribution in [-0.2, 0) is 19.5 Å². The Morgan fingerprint density at radius 3 is 3.22 bits per heavy atom. The maximum atomic E-state index is 11.9. The molecule has 0 unspecified atom stereocenters. The number of nitrogens with one attached hydrogen (secondary N) is 1. The fourth-order valence-electron chi connectivity index (χ4n) is 2.38. The lowest BCUT2D eigenvalue weighted by Crippen LogP contribution is -2.35. The quantitative estimate of drug-likeness (QED) is 0.895. The molecule has 0 fully saturated rings. The molecular weight excluding hydrogens is 246 g/mol. The molecule has 3 heterocycles. The average molecular weight is 261 g/mol. The molecule has 0 saturated heterocycles. The van der Waals surface area contributed by atoms with Crippen LogP contribution >= 0.6 is 11.3 Å². The highest BCUT2D eigenvalue weighted by Gasteiger charge is 2.20. The maximum absolute atomic E-state index is 11.9. The van der Waals surface area contributed by atoms with Gasteiger partial charge in [-0.05, 0) is 29.3 Å². The van der Waals surface area contributed by atoms with Crippen LogP contribution in [0.25, 0.3) is 0 Å². The van der Waals surface area contributed by atoms with Crippen molar-refractivity contribution in [2.24, 2.45) is 0 Å². The van der Waals surface area contributed by atoms with E-state index in [4.69, 9.17) is 0 Å². The zero-order valence-electron chi connectivity index (χ0n) is 10.3. The molecule has 4 nitrogen and oxygen atoms in total. The van der Waals surface area contributed by atoms with Crippen LogP contribution in [0.3, 0.4) is 0 Å². The Morgan fingerprint density at radius 2 is 2.44 bits per heavy atom. The van der Waals surface area contributed by atoms with E-state index in [1.165, 1.54) is 5.56 Å². The molecule has 0 atom stereocenters. The second-order valence-corrected chi connectivity index (χ2v) is 5.45. The van der Waals surface area contributed by atoms with E-state index in [0.717, 1.165) is 30.8 Å². The largest absolute Gasteiger partial charge is 0.310 e. The third-order valence-corrected chi connectivity index (χ3v) is 3.98. The van der Waals surface area contributed by atoms with Gasteiger partial charge in [-0.1, -0.05) is 0 Å². The van der Waals surface area contributed by atoms with Gasteiger partial charge in [-0.15, -0.1) is 0 Å². The van der Waals surface area contributed by atoms with E-state index in [9.17, 15) is 4.79 Å². The highest BCUT2D eigenvalue weighted by atomic mass is 32.1. The van der Waals surface area contributed by atoms with Gasteiger partial charge in [-0.3, -0.25) is 9.69 Å². The molecule has 1 N–H and O–H groups in total. The van der Waals surface area contributed by atoms with E-state index in [1.54, 1.807) is 11.3 Å². The summed E-state index contributed by atoms with van der Waals surface area (Å²) in [5.74, 6) is 0.713. The lowest BCUT2D eigenvalue weighted by Gasteiger charge is -2.27. The Bertz CT molecular complexity index is 603. The van der Waals surface area contributed by atoms with Crippen LogP contribution in [0.4, 0.5) is 0 Å². The first-order valence-corrected chi connectivity index (χ1v) is 6.99. The Kier molecular flexibility index (Phi) is 3.01. The fraction of sp³-hybridized carbons (Fsp3) is 0.385. The van der Waals surface area contributed by atoms with Gasteiger partial charge >= 0.3 is 0 Å². The first kappa shape index (κ1) is 11.6. The van der Waals surface area contributed by atoms with Gasteiger partial charge in [-0.2, -0.15) is 11.3 Å². The van der Waals surface area contributed by atoms with E-state index in [0.29, 0.717) is 12.4 Å². The number of rotatable bonds is 2. The number of aromatic nitrogens is 2. The fourth-order valence-corrected chi connectivity index (χ4v) is 3.04. The van der Waals surface area contributed by atoms with Crippen LogP contribution in [0.1, 0.15) is 22.6 Å². The van der Waals surface area contributed by atoms with Crippen molar-refractivity contribution < 1.29 is 0 Å². The molecular formula is C13H15N3OS. The van der Waals surface area contributed by atoms with Crippen molar-refractivity contribution in [1.29, 1.82) is 0 Å². The van der Waals surface area contributed by atoms with Crippen LogP contribution < -0.4 is 5.56 Å². The number of aryl methyl sites for hydroxylation is 1. The predicted octanol–water partition coefficient (Wildman–Crippen LogP) is 1.70. The van der Waals surface area contributed by atoms with Gasteiger partial charge in [-0.25, -0.2) is 4.98 Å². The Balaban J connectivity index is 1.83. The standard InChI is InChI=1S/C13H15N3OS/c1-9-14-12-2-4-16(6-10-3-5-18-8-10)7-11(12)13(17)15-9/h3,5,8H,2,4,6-7H2,1H3,(H,14,15,17). The van der Waals surface area contributed by atoms with Gasteiger partial charge in [0.25, 0.3) is 5.56 Å². The first-order chi connectivity index (χ1) is 8.72. The minimum atomic E-state index is 0.0209. The van der Waals surface area contributed by atoms with Crippen LogP contribution in [0.15, 0.2) is 21.6 Å². The van der Waals surface area contributed by atoms with Crippen LogP contribution in [0.2, 0.25) is 0 Å². The van der Waals surface area contributed by atoms with Gasteiger partial charge in [0.1, 0.15) is 5.82 Å². The molecule has 18 heavy (non-hydrogen) atoms. The Labute approximate surface area is 109 Å². The number of hydrogen-bond acceptors (Lipinski definition) is 4. The SMILES string of the molecule is Cc1nc2c(c(=O)[nH]1)CN(Cc1ccsc1)CC2. The van der Waals surface area contributed by atoms with Crippen molar-refractivity contribution in [1.82, 2.24) is 14.9 Å². The minimum absolute atomic E-state index is 0.0209. The van der Waals surface area contributed by atoms with Gasteiger partial charge < -0.3 is 4.98 Å². The average Bonchev–Trinajstić information content (AvgIpc) is 2.83. The molecule has 2 aromatic heterocycles. The molecule has 3 rings (SSSR count). The Hall–Kier alpha value is -1.46. The van der Waals surface area contributed by atoms with Crippen LogP contribution in [0.5, 0.6) is 0 Å². The molecule has 0 amide bonds. The second kappa shape index (κ2) is 4.66. The highest BCUT2D eigenvalue weighted by molar-refractivity contribution is 7.07.